The third-order valence-electron chi connectivity index (χ3n) is 3.77. The number of nitrogens with zero attached hydrogens (tertiary/aromatic N) is 3. The van der Waals surface area contributed by atoms with Crippen LogP contribution >= 0.6 is 34.9 Å². The van der Waals surface area contributed by atoms with E-state index >= 15 is 0 Å². The van der Waals surface area contributed by atoms with E-state index < -0.39 is 24.0 Å². The molecule has 0 spiro atoms. The lowest BCUT2D eigenvalue weighted by molar-refractivity contribution is 0.0595. The van der Waals surface area contributed by atoms with Gasteiger partial charge in [0.15, 0.2) is 0 Å². The van der Waals surface area contributed by atoms with Gasteiger partial charge in [0.05, 0.1) is 18.4 Å². The summed E-state index contributed by atoms with van der Waals surface area (Å²) in [5, 5.41) is 10.4. The number of carbonyl (C=O) groups is 1. The monoisotopic (exact) mass is 480 g/mol. The van der Waals surface area contributed by atoms with Crippen molar-refractivity contribution >= 4 is 50.9 Å². The Kier molecular flexibility index (Phi) is 5.21. The van der Waals surface area contributed by atoms with Crippen LogP contribution < -0.4 is 5.32 Å². The second-order valence-corrected chi connectivity index (χ2v) is 9.07. The Morgan fingerprint density at radius 2 is 2.15 bits per heavy atom. The normalized spacial score (nSPS) is 12.5. The topological polar surface area (TPSA) is 117 Å². The maximum absolute atomic E-state index is 14.1. The van der Waals surface area contributed by atoms with Crippen molar-refractivity contribution in [1.82, 2.24) is 20.3 Å². The molecule has 0 atom stereocenters. The van der Waals surface area contributed by atoms with Gasteiger partial charge in [0.25, 0.3) is 5.91 Å². The van der Waals surface area contributed by atoms with Crippen LogP contribution in [-0.4, -0.2) is 30.7 Å². The van der Waals surface area contributed by atoms with Crippen LogP contribution in [0.3, 0.4) is 0 Å². The number of nitrogens with one attached hydrogen (secondary N) is 1. The van der Waals surface area contributed by atoms with Crippen molar-refractivity contribution in [3.8, 4) is 0 Å². The highest BCUT2D eigenvalue weighted by molar-refractivity contribution is 9.10. The zero-order valence-electron chi connectivity index (χ0n) is 13.6. The molecule has 0 radical (unpaired) electrons. The molecule has 0 saturated carbocycles. The van der Waals surface area contributed by atoms with Crippen LogP contribution in [0.5, 0.6) is 0 Å². The van der Waals surface area contributed by atoms with E-state index in [1.54, 1.807) is 7.05 Å². The van der Waals surface area contributed by atoms with Gasteiger partial charge in [-0.05, 0) is 34.1 Å². The number of hydrogen-bond acceptors (Lipinski definition) is 5. The van der Waals surface area contributed by atoms with Gasteiger partial charge in [-0.1, -0.05) is 5.21 Å². The molecule has 27 heavy (non-hydrogen) atoms. The molecule has 0 saturated heterocycles. The lowest BCUT2D eigenvalue weighted by Crippen LogP contribution is -2.23. The quantitative estimate of drug-likeness (QED) is 0.483. The van der Waals surface area contributed by atoms with Gasteiger partial charge in [0.2, 0.25) is 0 Å². The van der Waals surface area contributed by atoms with Gasteiger partial charge in [-0.3, -0.25) is 14.0 Å². The van der Waals surface area contributed by atoms with Gasteiger partial charge in [0.1, 0.15) is 4.88 Å². The molecule has 8 nitrogen and oxygen atoms in total. The Morgan fingerprint density at radius 1 is 1.44 bits per heavy atom. The van der Waals surface area contributed by atoms with Crippen LogP contribution in [-0.2, 0) is 23.8 Å². The number of benzene rings is 1. The van der Waals surface area contributed by atoms with E-state index in [9.17, 15) is 18.1 Å². The Hall–Kier alpha value is -1.72. The molecule has 2 aromatic heterocycles. The summed E-state index contributed by atoms with van der Waals surface area (Å²) in [4.78, 5) is 29.4. The third kappa shape index (κ3) is 3.67. The van der Waals surface area contributed by atoms with Crippen LogP contribution in [0.15, 0.2) is 28.9 Å². The molecule has 3 aromatic rings. The molecule has 144 valence electrons. The second-order valence-electron chi connectivity index (χ2n) is 5.57. The highest BCUT2D eigenvalue weighted by Gasteiger charge is 2.53. The first kappa shape index (κ1) is 20.0. The molecule has 1 aromatic carbocycles. The van der Waals surface area contributed by atoms with Gasteiger partial charge in [-0.15, -0.1) is 16.4 Å². The van der Waals surface area contributed by atoms with Crippen LogP contribution in [0.1, 0.15) is 20.9 Å². The number of hydrogen-bond donors (Lipinski definition) is 3. The zero-order valence-corrected chi connectivity index (χ0v) is 16.9. The molecule has 3 N–H and O–H groups in total. The van der Waals surface area contributed by atoms with Crippen molar-refractivity contribution in [3.05, 3.63) is 45.0 Å². The lowest BCUT2D eigenvalue weighted by Gasteiger charge is -2.16. The molecule has 3 rings (SSSR count). The third-order valence-corrected chi connectivity index (χ3v) is 7.20. The number of thiophene rings is 1. The van der Waals surface area contributed by atoms with Gasteiger partial charge in [-0.2, -0.15) is 8.78 Å². The van der Waals surface area contributed by atoms with Crippen molar-refractivity contribution in [1.29, 1.82) is 0 Å². The van der Waals surface area contributed by atoms with Crippen molar-refractivity contribution < 1.29 is 27.9 Å². The summed E-state index contributed by atoms with van der Waals surface area (Å²) in [7, 11) is -4.02. The van der Waals surface area contributed by atoms with Crippen LogP contribution in [0.2, 0.25) is 0 Å². The van der Waals surface area contributed by atoms with Crippen LogP contribution in [0.25, 0.3) is 10.1 Å². The maximum atomic E-state index is 14.1. The summed E-state index contributed by atoms with van der Waals surface area (Å²) in [5.74, 6) is -0.445. The molecular weight excluding hydrogens is 469 g/mol. The van der Waals surface area contributed by atoms with E-state index in [1.165, 1.54) is 29.1 Å². The summed E-state index contributed by atoms with van der Waals surface area (Å²) < 4.78 is 41.0. The fourth-order valence-corrected chi connectivity index (χ4v) is 5.20. The fourth-order valence-electron chi connectivity index (χ4n) is 2.28. The number of amides is 1. The average molecular weight is 481 g/mol. The van der Waals surface area contributed by atoms with E-state index in [0.29, 0.717) is 21.7 Å². The molecule has 0 aliphatic carbocycles. The minimum absolute atomic E-state index is 0.152. The molecule has 13 heteroatoms. The first-order chi connectivity index (χ1) is 12.5. The number of aromatic nitrogens is 3. The summed E-state index contributed by atoms with van der Waals surface area (Å²) in [5.41, 5.74) is -3.45. The fraction of sp³-hybridized carbons (Fsp3) is 0.214. The molecule has 0 aliphatic rings. The van der Waals surface area contributed by atoms with Crippen molar-refractivity contribution in [3.63, 3.8) is 0 Å². The predicted octanol–water partition coefficient (Wildman–Crippen LogP) is 2.95. The van der Waals surface area contributed by atoms with Crippen molar-refractivity contribution in [2.24, 2.45) is 7.05 Å². The first-order valence-corrected chi connectivity index (χ1v) is 10.5. The molecule has 0 unspecified atom stereocenters. The molecule has 0 aliphatic heterocycles. The molecular formula is C14H12BrF2N4O4PS. The Morgan fingerprint density at radius 3 is 2.74 bits per heavy atom. The predicted molar refractivity (Wildman–Crippen MR) is 97.6 cm³/mol. The Balaban J connectivity index is 1.91. The minimum Gasteiger partial charge on any atom is -0.346 e. The Labute approximate surface area is 163 Å². The summed E-state index contributed by atoms with van der Waals surface area (Å²) in [6, 6.07) is 4.28. The number of aryl methyl sites for hydroxylation is 1. The van der Waals surface area contributed by atoms with E-state index in [2.05, 4.69) is 31.6 Å². The zero-order chi connectivity index (χ0) is 20.0. The maximum Gasteiger partial charge on any atom is 0.400 e. The SMILES string of the molecule is Cn1nncc1CNC(=O)c1ccc2sc(C(F)(F)P(=O)(O)O)c(Br)c2c1. The van der Waals surface area contributed by atoms with Crippen molar-refractivity contribution in [2.75, 3.05) is 0 Å². The summed E-state index contributed by atoms with van der Waals surface area (Å²) in [6.45, 7) is 0.173. The van der Waals surface area contributed by atoms with Crippen LogP contribution in [0.4, 0.5) is 8.78 Å². The first-order valence-electron chi connectivity index (χ1n) is 7.30. The van der Waals surface area contributed by atoms with Crippen LogP contribution in [0, 0.1) is 0 Å². The largest absolute Gasteiger partial charge is 0.400 e. The summed E-state index contributed by atoms with van der Waals surface area (Å²) >= 11 is 3.53. The molecule has 0 bridgehead atoms. The number of fused-ring (bicyclic) bond motifs is 1. The molecule has 1 amide bonds. The van der Waals surface area contributed by atoms with E-state index in [0.717, 1.165) is 0 Å². The Bertz CT molecular complexity index is 1080. The van der Waals surface area contributed by atoms with E-state index in [-0.39, 0.29) is 22.0 Å². The lowest BCUT2D eigenvalue weighted by atomic mass is 10.1. The number of carbonyl (C=O) groups excluding carboxylic acids is 1. The van der Waals surface area contributed by atoms with Gasteiger partial charge >= 0.3 is 13.3 Å². The summed E-state index contributed by atoms with van der Waals surface area (Å²) in [6.07, 6.45) is 1.50. The van der Waals surface area contributed by atoms with Gasteiger partial charge in [0, 0.05) is 27.2 Å². The van der Waals surface area contributed by atoms with Gasteiger partial charge < -0.3 is 15.1 Å². The molecule has 0 fully saturated rings. The smallest absolute Gasteiger partial charge is 0.346 e. The number of rotatable bonds is 5. The van der Waals surface area contributed by atoms with Gasteiger partial charge in [-0.25, -0.2) is 0 Å². The number of alkyl halides is 2. The minimum atomic E-state index is -5.69. The number of halogens is 3. The second kappa shape index (κ2) is 7.02. The average Bonchev–Trinajstić information content (AvgIpc) is 3.15. The standard InChI is InChI=1S/C14H12BrF2N4O4PS/c1-21-8(6-19-20-21)5-18-13(22)7-2-3-10-9(4-7)11(15)12(27-10)14(16,17)26(23,24)25/h2-4,6H,5H2,1H3,(H,18,22)(H2,23,24,25). The van der Waals surface area contributed by atoms with Crippen molar-refractivity contribution in [2.45, 2.75) is 12.2 Å². The van der Waals surface area contributed by atoms with E-state index in [4.69, 9.17) is 9.79 Å². The highest BCUT2D eigenvalue weighted by Crippen LogP contribution is 2.62. The highest BCUT2D eigenvalue weighted by atomic mass is 79.9. The van der Waals surface area contributed by atoms with E-state index in [1.807, 2.05) is 0 Å². The molecule has 2 heterocycles.